The fourth-order valence-electron chi connectivity index (χ4n) is 2.71. The molecule has 0 saturated carbocycles. The summed E-state index contributed by atoms with van der Waals surface area (Å²) in [5.74, 6) is 1.11. The van der Waals surface area contributed by atoms with Crippen molar-refractivity contribution in [2.24, 2.45) is 0 Å². The monoisotopic (exact) mass is 362 g/mol. The maximum Gasteiger partial charge on any atom is 0.278 e. The molecule has 6 heteroatoms. The molecule has 0 bridgehead atoms. The van der Waals surface area contributed by atoms with E-state index in [1.165, 1.54) is 30.7 Å². The van der Waals surface area contributed by atoms with Crippen LogP contribution in [-0.4, -0.2) is 10.9 Å². The van der Waals surface area contributed by atoms with Crippen LogP contribution in [0.25, 0.3) is 22.6 Å². The number of benzene rings is 2. The van der Waals surface area contributed by atoms with Crippen LogP contribution >= 0.6 is 0 Å². The minimum atomic E-state index is -0.412. The van der Waals surface area contributed by atoms with Crippen molar-refractivity contribution in [1.29, 1.82) is 0 Å². The van der Waals surface area contributed by atoms with Gasteiger partial charge < -0.3 is 14.2 Å². The van der Waals surface area contributed by atoms with E-state index in [0.29, 0.717) is 11.3 Å². The summed E-state index contributed by atoms with van der Waals surface area (Å²) in [4.78, 5) is 16.6. The summed E-state index contributed by atoms with van der Waals surface area (Å²) in [6.45, 7) is 1.88. The molecular weight excluding hydrogens is 347 g/mol. The zero-order valence-electron chi connectivity index (χ0n) is 14.4. The predicted octanol–water partition coefficient (Wildman–Crippen LogP) is 5.30. The number of hydrogen-bond donors (Lipinski definition) is 1. The third kappa shape index (κ3) is 3.50. The topological polar surface area (TPSA) is 68.3 Å². The van der Waals surface area contributed by atoms with Crippen LogP contribution in [-0.2, 0) is 0 Å². The number of hydrogen-bond acceptors (Lipinski definition) is 4. The fourth-order valence-corrected chi connectivity index (χ4v) is 2.71. The van der Waals surface area contributed by atoms with Crippen LogP contribution < -0.4 is 5.32 Å². The van der Waals surface area contributed by atoms with Crippen molar-refractivity contribution >= 4 is 11.6 Å². The molecule has 5 nitrogen and oxygen atoms in total. The van der Waals surface area contributed by atoms with E-state index in [0.717, 1.165) is 17.1 Å². The van der Waals surface area contributed by atoms with Gasteiger partial charge in [-0.3, -0.25) is 4.79 Å². The highest BCUT2D eigenvalue weighted by Crippen LogP contribution is 2.26. The van der Waals surface area contributed by atoms with E-state index >= 15 is 0 Å². The molecule has 2 aromatic heterocycles. The Hall–Kier alpha value is -3.67. The zero-order chi connectivity index (χ0) is 18.8. The SMILES string of the molecule is Cc1ccc(-c2ccc(NC(=O)c3ncoc3-c3ccc(F)cc3)cc2)o1. The van der Waals surface area contributed by atoms with Gasteiger partial charge in [-0.25, -0.2) is 9.37 Å². The van der Waals surface area contributed by atoms with E-state index in [1.54, 1.807) is 12.1 Å². The first-order chi connectivity index (χ1) is 13.1. The van der Waals surface area contributed by atoms with E-state index in [9.17, 15) is 9.18 Å². The van der Waals surface area contributed by atoms with E-state index in [-0.39, 0.29) is 17.3 Å². The Bertz CT molecular complexity index is 1080. The number of furan rings is 1. The van der Waals surface area contributed by atoms with Crippen molar-refractivity contribution in [3.63, 3.8) is 0 Å². The molecule has 134 valence electrons. The number of oxazole rings is 1. The standard InChI is InChI=1S/C21H15FN2O3/c1-13-2-11-18(27-13)14-5-9-17(10-6-14)24-21(25)19-20(26-12-23-19)15-3-7-16(22)8-4-15/h2-12H,1H3,(H,24,25). The summed E-state index contributed by atoms with van der Waals surface area (Å²) in [7, 11) is 0. The van der Waals surface area contributed by atoms with Gasteiger partial charge in [-0.2, -0.15) is 0 Å². The Morgan fingerprint density at radius 3 is 2.33 bits per heavy atom. The molecule has 2 heterocycles. The Morgan fingerprint density at radius 2 is 1.67 bits per heavy atom. The first-order valence-corrected chi connectivity index (χ1v) is 8.28. The summed E-state index contributed by atoms with van der Waals surface area (Å²) in [6, 6.07) is 16.7. The lowest BCUT2D eigenvalue weighted by Crippen LogP contribution is -2.13. The molecule has 1 N–H and O–H groups in total. The smallest absolute Gasteiger partial charge is 0.278 e. The van der Waals surface area contributed by atoms with Crippen LogP contribution in [0.5, 0.6) is 0 Å². The second kappa shape index (κ2) is 6.92. The number of nitrogens with zero attached hydrogens (tertiary/aromatic N) is 1. The van der Waals surface area contributed by atoms with Crippen molar-refractivity contribution in [2.75, 3.05) is 5.32 Å². The number of carbonyl (C=O) groups is 1. The maximum absolute atomic E-state index is 13.1. The Labute approximate surface area is 154 Å². The lowest BCUT2D eigenvalue weighted by molar-refractivity contribution is 0.102. The van der Waals surface area contributed by atoms with Crippen LogP contribution in [0, 0.1) is 12.7 Å². The first-order valence-electron chi connectivity index (χ1n) is 8.28. The molecule has 0 aliphatic heterocycles. The van der Waals surface area contributed by atoms with Crippen LogP contribution in [0.2, 0.25) is 0 Å². The average Bonchev–Trinajstić information content (AvgIpc) is 3.32. The summed E-state index contributed by atoms with van der Waals surface area (Å²) < 4.78 is 24.0. The van der Waals surface area contributed by atoms with Crippen LogP contribution in [0.4, 0.5) is 10.1 Å². The van der Waals surface area contributed by atoms with Gasteiger partial charge in [0.1, 0.15) is 17.3 Å². The first kappa shape index (κ1) is 16.8. The summed E-state index contributed by atoms with van der Waals surface area (Å²) in [6.07, 6.45) is 1.19. The molecule has 0 fully saturated rings. The molecule has 0 aliphatic rings. The lowest BCUT2D eigenvalue weighted by atomic mass is 10.1. The molecule has 27 heavy (non-hydrogen) atoms. The molecule has 0 aliphatic carbocycles. The van der Waals surface area contributed by atoms with Gasteiger partial charge in [0.05, 0.1) is 0 Å². The second-order valence-electron chi connectivity index (χ2n) is 5.98. The Morgan fingerprint density at radius 1 is 0.963 bits per heavy atom. The van der Waals surface area contributed by atoms with Crippen molar-refractivity contribution in [2.45, 2.75) is 6.92 Å². The van der Waals surface area contributed by atoms with E-state index in [2.05, 4.69) is 10.3 Å². The summed E-state index contributed by atoms with van der Waals surface area (Å²) in [5, 5.41) is 2.78. The highest BCUT2D eigenvalue weighted by molar-refractivity contribution is 6.06. The highest BCUT2D eigenvalue weighted by Gasteiger charge is 2.18. The minimum absolute atomic E-state index is 0.132. The van der Waals surface area contributed by atoms with Crippen molar-refractivity contribution in [3.05, 3.63) is 84.3 Å². The van der Waals surface area contributed by atoms with E-state index in [4.69, 9.17) is 8.83 Å². The highest BCUT2D eigenvalue weighted by atomic mass is 19.1. The molecule has 0 radical (unpaired) electrons. The number of aryl methyl sites for hydroxylation is 1. The average molecular weight is 362 g/mol. The Kier molecular flexibility index (Phi) is 4.30. The van der Waals surface area contributed by atoms with Gasteiger partial charge >= 0.3 is 0 Å². The summed E-state index contributed by atoms with van der Waals surface area (Å²) in [5.41, 5.74) is 2.23. The zero-order valence-corrected chi connectivity index (χ0v) is 14.4. The molecule has 0 spiro atoms. The Balaban J connectivity index is 1.53. The summed E-state index contributed by atoms with van der Waals surface area (Å²) >= 11 is 0. The number of aromatic nitrogens is 1. The third-order valence-electron chi connectivity index (χ3n) is 4.06. The maximum atomic E-state index is 13.1. The van der Waals surface area contributed by atoms with Gasteiger partial charge in [-0.1, -0.05) is 0 Å². The normalized spacial score (nSPS) is 10.7. The number of amides is 1. The number of anilines is 1. The van der Waals surface area contributed by atoms with Crippen LogP contribution in [0.15, 0.2) is 75.9 Å². The number of rotatable bonds is 4. The molecule has 0 unspecified atom stereocenters. The van der Waals surface area contributed by atoms with Gasteiger partial charge in [0.25, 0.3) is 5.91 Å². The minimum Gasteiger partial charge on any atom is -0.461 e. The van der Waals surface area contributed by atoms with E-state index in [1.807, 2.05) is 31.2 Å². The van der Waals surface area contributed by atoms with Crippen LogP contribution in [0.1, 0.15) is 16.2 Å². The molecule has 0 saturated heterocycles. The van der Waals surface area contributed by atoms with Crippen molar-refractivity contribution < 1.29 is 18.0 Å². The second-order valence-corrected chi connectivity index (χ2v) is 5.98. The molecule has 0 atom stereocenters. The van der Waals surface area contributed by atoms with Gasteiger partial charge in [-0.05, 0) is 67.6 Å². The molecule has 2 aromatic carbocycles. The molecule has 1 amide bonds. The number of nitrogens with one attached hydrogen (secondary N) is 1. The van der Waals surface area contributed by atoms with Gasteiger partial charge in [0, 0.05) is 16.8 Å². The molecular formula is C21H15FN2O3. The van der Waals surface area contributed by atoms with Crippen molar-refractivity contribution in [1.82, 2.24) is 4.98 Å². The number of halogens is 1. The largest absolute Gasteiger partial charge is 0.461 e. The predicted molar refractivity (Wildman–Crippen MR) is 98.7 cm³/mol. The van der Waals surface area contributed by atoms with Gasteiger partial charge in [0.15, 0.2) is 17.8 Å². The van der Waals surface area contributed by atoms with Crippen LogP contribution in [0.3, 0.4) is 0 Å². The quantitative estimate of drug-likeness (QED) is 0.535. The molecule has 4 aromatic rings. The molecule has 4 rings (SSSR count). The van der Waals surface area contributed by atoms with Gasteiger partial charge in [0.2, 0.25) is 0 Å². The van der Waals surface area contributed by atoms with Crippen molar-refractivity contribution in [3.8, 4) is 22.6 Å². The third-order valence-corrected chi connectivity index (χ3v) is 4.06. The van der Waals surface area contributed by atoms with E-state index < -0.39 is 5.91 Å². The number of carbonyl (C=O) groups excluding carboxylic acids is 1. The van der Waals surface area contributed by atoms with Gasteiger partial charge in [-0.15, -0.1) is 0 Å². The lowest BCUT2D eigenvalue weighted by Gasteiger charge is -2.06. The fraction of sp³-hybridized carbons (Fsp3) is 0.0476.